The molecule has 0 saturated heterocycles. The first-order valence-corrected chi connectivity index (χ1v) is 10.5. The summed E-state index contributed by atoms with van der Waals surface area (Å²) in [7, 11) is 0. The average Bonchev–Trinajstić information content (AvgIpc) is 3.01. The molecule has 0 aromatic carbocycles. The van der Waals surface area contributed by atoms with Crippen molar-refractivity contribution in [3.05, 3.63) is 23.9 Å². The van der Waals surface area contributed by atoms with Crippen LogP contribution in [0.4, 0.5) is 0 Å². The van der Waals surface area contributed by atoms with Gasteiger partial charge in [-0.3, -0.25) is 0 Å². The lowest BCUT2D eigenvalue weighted by molar-refractivity contribution is 0.131. The molecule has 0 aromatic heterocycles. The van der Waals surface area contributed by atoms with Crippen molar-refractivity contribution >= 4 is 11.4 Å². The Bertz CT molecular complexity index is 412. The first-order valence-electron chi connectivity index (χ1n) is 9.29. The molecule has 0 aliphatic heterocycles. The number of hydrogen-bond acceptors (Lipinski definition) is 4. The Labute approximate surface area is 151 Å². The molecule has 1 aliphatic carbocycles. The van der Waals surface area contributed by atoms with Gasteiger partial charge in [0.05, 0.1) is 0 Å². The highest BCUT2D eigenvalue weighted by molar-refractivity contribution is 7.90. The van der Waals surface area contributed by atoms with Gasteiger partial charge >= 0.3 is 0 Å². The van der Waals surface area contributed by atoms with E-state index in [9.17, 15) is 9.66 Å². The van der Waals surface area contributed by atoms with Crippen LogP contribution in [0.15, 0.2) is 23.9 Å². The average molecular weight is 357 g/mol. The van der Waals surface area contributed by atoms with Crippen molar-refractivity contribution in [1.82, 2.24) is 10.0 Å². The van der Waals surface area contributed by atoms with Crippen LogP contribution in [0.3, 0.4) is 0 Å². The third-order valence-corrected chi connectivity index (χ3v) is 6.25. The molecule has 4 nitrogen and oxygen atoms in total. The predicted molar refractivity (Wildman–Crippen MR) is 104 cm³/mol. The van der Waals surface area contributed by atoms with Crippen molar-refractivity contribution in [2.45, 2.75) is 77.7 Å². The van der Waals surface area contributed by atoms with E-state index in [2.05, 4.69) is 36.5 Å². The largest absolute Gasteiger partial charge is 0.598 e. The number of allylic oxidation sites excluding steroid dienone is 3. The van der Waals surface area contributed by atoms with Gasteiger partial charge < -0.3 is 15.0 Å². The van der Waals surface area contributed by atoms with Gasteiger partial charge in [-0.15, -0.1) is 4.72 Å². The fraction of sp³-hybridized carbons (Fsp3) is 0.789. The third kappa shape index (κ3) is 7.18. The monoisotopic (exact) mass is 356 g/mol. The maximum absolute atomic E-state index is 11.6. The Hall–Kier alpha value is -0.490. The molecule has 140 valence electrons. The van der Waals surface area contributed by atoms with Gasteiger partial charge in [0.25, 0.3) is 0 Å². The van der Waals surface area contributed by atoms with Crippen LogP contribution in [-0.2, 0) is 11.4 Å². The van der Waals surface area contributed by atoms with Gasteiger partial charge in [0.1, 0.15) is 11.5 Å². The summed E-state index contributed by atoms with van der Waals surface area (Å²) < 4.78 is 14.6. The summed E-state index contributed by atoms with van der Waals surface area (Å²) in [6.45, 7) is 13.1. The van der Waals surface area contributed by atoms with Gasteiger partial charge in [0.15, 0.2) is 0 Å². The maximum Gasteiger partial charge on any atom is 0.129 e. The maximum atomic E-state index is 11.6. The van der Waals surface area contributed by atoms with E-state index in [-0.39, 0.29) is 5.25 Å². The van der Waals surface area contributed by atoms with Crippen LogP contribution in [0.25, 0.3) is 0 Å². The zero-order valence-corrected chi connectivity index (χ0v) is 16.6. The second-order valence-electron chi connectivity index (χ2n) is 7.07. The Balaban J connectivity index is 2.22. The Morgan fingerprint density at radius 1 is 1.42 bits per heavy atom. The summed E-state index contributed by atoms with van der Waals surface area (Å²) >= 11 is -0.955. The van der Waals surface area contributed by atoms with E-state index in [1.165, 1.54) is 24.8 Å². The van der Waals surface area contributed by atoms with Crippen molar-refractivity contribution in [1.29, 1.82) is 0 Å². The number of aliphatic hydroxyl groups excluding tert-OH is 1. The summed E-state index contributed by atoms with van der Waals surface area (Å²) in [5, 5.41) is 13.5. The van der Waals surface area contributed by atoms with E-state index in [1.54, 1.807) is 0 Å². The molecule has 24 heavy (non-hydrogen) atoms. The van der Waals surface area contributed by atoms with E-state index >= 15 is 0 Å². The van der Waals surface area contributed by atoms with Crippen LogP contribution in [0.5, 0.6) is 0 Å². The lowest BCUT2D eigenvalue weighted by atomic mass is 9.87. The topological polar surface area (TPSA) is 67.3 Å². The Morgan fingerprint density at radius 2 is 2.12 bits per heavy atom. The van der Waals surface area contributed by atoms with E-state index in [0.717, 1.165) is 25.1 Å². The molecule has 1 saturated carbocycles. The van der Waals surface area contributed by atoms with Crippen molar-refractivity contribution in [2.24, 2.45) is 11.8 Å². The van der Waals surface area contributed by atoms with Gasteiger partial charge in [0.2, 0.25) is 0 Å². The number of hydrogen-bond donors (Lipinski definition) is 3. The Kier molecular flexibility index (Phi) is 10.0. The standard InChI is InChI=1S/C19H36N2O2S/c1-6-17-10-9-11-18(17)15(4)16(5)21-19(22)12-7-8-13-20-24(23)14(2)3/h6,14-15,18-22H,5,7-13H2,1-4H3/b17-6-. The molecule has 0 heterocycles. The van der Waals surface area contributed by atoms with Crippen molar-refractivity contribution in [3.63, 3.8) is 0 Å². The van der Waals surface area contributed by atoms with E-state index < -0.39 is 17.6 Å². The molecule has 3 N–H and O–H groups in total. The zero-order chi connectivity index (χ0) is 18.1. The van der Waals surface area contributed by atoms with Crippen LogP contribution < -0.4 is 10.0 Å². The molecule has 1 fully saturated rings. The molecule has 0 spiro atoms. The van der Waals surface area contributed by atoms with E-state index in [1.807, 2.05) is 13.8 Å². The number of unbranched alkanes of at least 4 members (excludes halogenated alkanes) is 1. The molecule has 1 aliphatic rings. The molecule has 4 unspecified atom stereocenters. The molecular weight excluding hydrogens is 320 g/mol. The van der Waals surface area contributed by atoms with Crippen LogP contribution in [0.1, 0.15) is 66.2 Å². The van der Waals surface area contributed by atoms with Gasteiger partial charge in [-0.05, 0) is 65.2 Å². The van der Waals surface area contributed by atoms with Gasteiger partial charge in [0, 0.05) is 29.5 Å². The fourth-order valence-corrected chi connectivity index (χ4v) is 3.97. The van der Waals surface area contributed by atoms with Crippen LogP contribution in [-0.4, -0.2) is 27.7 Å². The summed E-state index contributed by atoms with van der Waals surface area (Å²) in [5.74, 6) is 0.917. The molecule has 4 atom stereocenters. The van der Waals surface area contributed by atoms with Gasteiger partial charge in [-0.1, -0.05) is 25.2 Å². The smallest absolute Gasteiger partial charge is 0.129 e. The lowest BCUT2D eigenvalue weighted by Crippen LogP contribution is -2.33. The van der Waals surface area contributed by atoms with E-state index in [4.69, 9.17) is 0 Å². The summed E-state index contributed by atoms with van der Waals surface area (Å²) in [5.41, 5.74) is 2.47. The number of nitrogens with one attached hydrogen (secondary N) is 2. The van der Waals surface area contributed by atoms with Gasteiger partial charge in [-0.25, -0.2) is 0 Å². The highest BCUT2D eigenvalue weighted by Gasteiger charge is 2.27. The highest BCUT2D eigenvalue weighted by Crippen LogP contribution is 2.38. The first kappa shape index (κ1) is 21.6. The van der Waals surface area contributed by atoms with Crippen molar-refractivity contribution < 1.29 is 9.66 Å². The molecule has 0 bridgehead atoms. The first-order chi connectivity index (χ1) is 11.4. The van der Waals surface area contributed by atoms with E-state index in [0.29, 0.717) is 18.3 Å². The molecule has 5 heteroatoms. The quantitative estimate of drug-likeness (QED) is 0.229. The lowest BCUT2D eigenvalue weighted by Gasteiger charge is -2.26. The van der Waals surface area contributed by atoms with Crippen LogP contribution in [0.2, 0.25) is 0 Å². The summed E-state index contributed by atoms with van der Waals surface area (Å²) in [4.78, 5) is 0. The van der Waals surface area contributed by atoms with Gasteiger partial charge in [-0.2, -0.15) is 0 Å². The minimum atomic E-state index is -0.955. The third-order valence-electron chi connectivity index (χ3n) is 4.91. The summed E-state index contributed by atoms with van der Waals surface area (Å²) in [6.07, 6.45) is 7.85. The SMILES string of the molecule is C=C(NC(O)CCCCN[S+]([O-])C(C)C)C(C)C1CCC/C1=C/C. The highest BCUT2D eigenvalue weighted by atomic mass is 32.2. The van der Waals surface area contributed by atoms with Crippen molar-refractivity contribution in [2.75, 3.05) is 6.54 Å². The predicted octanol–water partition coefficient (Wildman–Crippen LogP) is 3.62. The molecule has 0 aromatic rings. The zero-order valence-electron chi connectivity index (χ0n) is 15.8. The second-order valence-corrected chi connectivity index (χ2v) is 8.90. The minimum Gasteiger partial charge on any atom is -0.598 e. The number of aliphatic hydroxyl groups is 1. The van der Waals surface area contributed by atoms with Crippen molar-refractivity contribution in [3.8, 4) is 0 Å². The number of rotatable bonds is 11. The van der Waals surface area contributed by atoms with Crippen LogP contribution in [0, 0.1) is 11.8 Å². The molecule has 1 rings (SSSR count). The normalized spacial score (nSPS) is 23.5. The minimum absolute atomic E-state index is 0.139. The second kappa shape index (κ2) is 11.2. The van der Waals surface area contributed by atoms with Crippen LogP contribution >= 0.6 is 0 Å². The molecule has 0 radical (unpaired) electrons. The molecular formula is C19H36N2O2S. The Morgan fingerprint density at radius 3 is 2.75 bits per heavy atom. The molecule has 0 amide bonds. The fourth-order valence-electron chi connectivity index (χ4n) is 3.29. The summed E-state index contributed by atoms with van der Waals surface area (Å²) in [6, 6.07) is 0.